The van der Waals surface area contributed by atoms with Crippen LogP contribution in [-0.2, 0) is 20.2 Å². The summed E-state index contributed by atoms with van der Waals surface area (Å²) in [6.07, 6.45) is 0. The van der Waals surface area contributed by atoms with Gasteiger partial charge in [-0.1, -0.05) is 30.3 Å². The quantitative estimate of drug-likeness (QED) is 0.831. The van der Waals surface area contributed by atoms with Gasteiger partial charge in [-0.2, -0.15) is 8.78 Å². The van der Waals surface area contributed by atoms with E-state index in [1.807, 2.05) is 5.32 Å². The molecule has 6 heteroatoms. The zero-order valence-electron chi connectivity index (χ0n) is 9.94. The number of carbonyl (C=O) groups excluding carboxylic acids is 2. The first kappa shape index (κ1) is 14.1. The highest BCUT2D eigenvalue weighted by atomic mass is 19.3. The number of hydrogen-bond acceptors (Lipinski definition) is 3. The molecule has 1 N–H and O–H groups in total. The number of hydrogen-bond donors (Lipinski definition) is 1. The molecule has 98 valence electrons. The molecule has 4 nitrogen and oxygen atoms in total. The molecule has 0 heterocycles. The van der Waals surface area contributed by atoms with E-state index in [1.165, 1.54) is 24.3 Å². The number of amides is 1. The Morgan fingerprint density at radius 3 is 2.28 bits per heavy atom. The second-order valence-corrected chi connectivity index (χ2v) is 3.65. The maximum Gasteiger partial charge on any atom is 0.335 e. The Kier molecular flexibility index (Phi) is 4.36. The molecule has 1 atom stereocenters. The lowest BCUT2D eigenvalue weighted by molar-refractivity contribution is -0.158. The van der Waals surface area contributed by atoms with Crippen LogP contribution in [-0.4, -0.2) is 25.0 Å². The molecule has 0 bridgehead atoms. The van der Waals surface area contributed by atoms with Gasteiger partial charge in [0.2, 0.25) is 5.91 Å². The van der Waals surface area contributed by atoms with Gasteiger partial charge in [-0.15, -0.1) is 0 Å². The number of rotatable bonds is 4. The minimum absolute atomic E-state index is 0.367. The van der Waals surface area contributed by atoms with Crippen LogP contribution >= 0.6 is 0 Å². The van der Waals surface area contributed by atoms with Crippen molar-refractivity contribution in [1.29, 1.82) is 0 Å². The molecule has 0 aliphatic carbocycles. The van der Waals surface area contributed by atoms with E-state index in [0.29, 0.717) is 0 Å². The van der Waals surface area contributed by atoms with Gasteiger partial charge >= 0.3 is 11.9 Å². The summed E-state index contributed by atoms with van der Waals surface area (Å²) < 4.78 is 32.5. The summed E-state index contributed by atoms with van der Waals surface area (Å²) in [6.45, 7) is 1.05. The van der Waals surface area contributed by atoms with Gasteiger partial charge in [0, 0.05) is 12.5 Å². The Hall–Kier alpha value is -1.98. The van der Waals surface area contributed by atoms with Crippen molar-refractivity contribution in [2.24, 2.45) is 0 Å². The van der Waals surface area contributed by atoms with Crippen LogP contribution in [0.25, 0.3) is 0 Å². The summed E-state index contributed by atoms with van der Waals surface area (Å²) >= 11 is 0. The number of benzene rings is 1. The van der Waals surface area contributed by atoms with Gasteiger partial charge < -0.3 is 10.1 Å². The molecular weight excluding hydrogens is 244 g/mol. The van der Waals surface area contributed by atoms with Crippen LogP contribution in [0.2, 0.25) is 0 Å². The Morgan fingerprint density at radius 1 is 1.28 bits per heavy atom. The Bertz CT molecular complexity index is 434. The summed E-state index contributed by atoms with van der Waals surface area (Å²) in [6, 6.07) is 4.74. The number of esters is 1. The molecule has 1 aromatic rings. The number of nitrogens with one attached hydrogen (secondary N) is 1. The smallest absolute Gasteiger partial charge is 0.335 e. The van der Waals surface area contributed by atoms with E-state index in [-0.39, 0.29) is 5.56 Å². The highest BCUT2D eigenvalue weighted by Gasteiger charge is 2.47. The lowest BCUT2D eigenvalue weighted by Gasteiger charge is -2.25. The maximum atomic E-state index is 14.1. The van der Waals surface area contributed by atoms with Crippen LogP contribution < -0.4 is 5.32 Å². The first-order chi connectivity index (χ1) is 8.39. The molecule has 0 saturated heterocycles. The van der Waals surface area contributed by atoms with Crippen LogP contribution in [0.5, 0.6) is 0 Å². The molecule has 18 heavy (non-hydrogen) atoms. The zero-order valence-corrected chi connectivity index (χ0v) is 9.94. The molecular formula is C12H13F2NO3. The molecule has 0 aromatic heterocycles. The number of methoxy groups -OCH3 is 1. The van der Waals surface area contributed by atoms with Gasteiger partial charge in [0.15, 0.2) is 6.04 Å². The first-order valence-electron chi connectivity index (χ1n) is 5.18. The lowest BCUT2D eigenvalue weighted by atomic mass is 10.0. The number of ether oxygens (including phenoxy) is 1. The van der Waals surface area contributed by atoms with Crippen molar-refractivity contribution in [3.63, 3.8) is 0 Å². The monoisotopic (exact) mass is 257 g/mol. The van der Waals surface area contributed by atoms with E-state index in [4.69, 9.17) is 0 Å². The molecule has 0 radical (unpaired) electrons. The molecule has 0 saturated carbocycles. The fourth-order valence-electron chi connectivity index (χ4n) is 1.45. The Morgan fingerprint density at radius 2 is 1.83 bits per heavy atom. The van der Waals surface area contributed by atoms with Gasteiger partial charge in [0.25, 0.3) is 0 Å². The largest absolute Gasteiger partial charge is 0.467 e. The minimum atomic E-state index is -3.54. The standard InChI is InChI=1S/C12H13F2NO3/c1-8(16)15-10(11(17)18-2)12(13,14)9-6-4-3-5-7-9/h3-7,10H,1-2H3,(H,15,16)/t10-/m1/s1. The van der Waals surface area contributed by atoms with Crippen molar-refractivity contribution in [3.05, 3.63) is 35.9 Å². The normalized spacial score (nSPS) is 12.7. The lowest BCUT2D eigenvalue weighted by Crippen LogP contribution is -2.51. The number of carbonyl (C=O) groups is 2. The average Bonchev–Trinajstić information content (AvgIpc) is 2.35. The van der Waals surface area contributed by atoms with Crippen LogP contribution in [0.3, 0.4) is 0 Å². The molecule has 1 amide bonds. The number of alkyl halides is 2. The van der Waals surface area contributed by atoms with E-state index in [2.05, 4.69) is 4.74 Å². The molecule has 0 aliphatic rings. The van der Waals surface area contributed by atoms with Crippen molar-refractivity contribution in [2.45, 2.75) is 18.9 Å². The second kappa shape index (κ2) is 5.57. The first-order valence-corrected chi connectivity index (χ1v) is 5.18. The van der Waals surface area contributed by atoms with Crippen LogP contribution in [0.1, 0.15) is 12.5 Å². The van der Waals surface area contributed by atoms with E-state index in [0.717, 1.165) is 14.0 Å². The summed E-state index contributed by atoms with van der Waals surface area (Å²) in [5.74, 6) is -5.47. The summed E-state index contributed by atoms with van der Waals surface area (Å²) in [5, 5.41) is 1.91. The fourth-order valence-corrected chi connectivity index (χ4v) is 1.45. The highest BCUT2D eigenvalue weighted by molar-refractivity contribution is 5.84. The van der Waals surface area contributed by atoms with E-state index < -0.39 is 23.8 Å². The van der Waals surface area contributed by atoms with E-state index in [1.54, 1.807) is 6.07 Å². The van der Waals surface area contributed by atoms with Gasteiger partial charge in [-0.3, -0.25) is 4.79 Å². The average molecular weight is 257 g/mol. The van der Waals surface area contributed by atoms with Crippen molar-refractivity contribution in [2.75, 3.05) is 7.11 Å². The fraction of sp³-hybridized carbons (Fsp3) is 0.333. The second-order valence-electron chi connectivity index (χ2n) is 3.65. The van der Waals surface area contributed by atoms with Crippen molar-refractivity contribution < 1.29 is 23.1 Å². The predicted octanol–water partition coefficient (Wildman–Crippen LogP) is 1.46. The Labute approximate surface area is 103 Å². The van der Waals surface area contributed by atoms with Crippen molar-refractivity contribution in [3.8, 4) is 0 Å². The number of halogens is 2. The van der Waals surface area contributed by atoms with Crippen molar-refractivity contribution >= 4 is 11.9 Å². The van der Waals surface area contributed by atoms with Gasteiger partial charge in [0.1, 0.15) is 0 Å². The molecule has 0 aliphatic heterocycles. The molecule has 0 spiro atoms. The van der Waals surface area contributed by atoms with E-state index >= 15 is 0 Å². The Balaban J connectivity index is 3.10. The van der Waals surface area contributed by atoms with Crippen LogP contribution in [0.4, 0.5) is 8.78 Å². The third kappa shape index (κ3) is 3.03. The summed E-state index contributed by atoms with van der Waals surface area (Å²) in [5.41, 5.74) is -0.367. The van der Waals surface area contributed by atoms with Crippen LogP contribution in [0.15, 0.2) is 30.3 Å². The molecule has 1 aromatic carbocycles. The summed E-state index contributed by atoms with van der Waals surface area (Å²) in [7, 11) is 0.984. The van der Waals surface area contributed by atoms with Gasteiger partial charge in [-0.05, 0) is 0 Å². The third-order valence-corrected chi connectivity index (χ3v) is 2.31. The van der Waals surface area contributed by atoms with Crippen LogP contribution in [0, 0.1) is 0 Å². The highest BCUT2D eigenvalue weighted by Crippen LogP contribution is 2.32. The molecule has 1 rings (SSSR count). The topological polar surface area (TPSA) is 55.4 Å². The minimum Gasteiger partial charge on any atom is -0.467 e. The molecule has 0 fully saturated rings. The maximum absolute atomic E-state index is 14.1. The molecule has 0 unspecified atom stereocenters. The SMILES string of the molecule is COC(=O)[C@@H](NC(C)=O)C(F)(F)c1ccccc1. The van der Waals surface area contributed by atoms with E-state index in [9.17, 15) is 18.4 Å². The van der Waals surface area contributed by atoms with Gasteiger partial charge in [-0.25, -0.2) is 4.79 Å². The zero-order chi connectivity index (χ0) is 13.8. The summed E-state index contributed by atoms with van der Waals surface area (Å²) in [4.78, 5) is 22.3. The van der Waals surface area contributed by atoms with Crippen molar-refractivity contribution in [1.82, 2.24) is 5.32 Å². The third-order valence-electron chi connectivity index (χ3n) is 2.31. The predicted molar refractivity (Wildman–Crippen MR) is 60.0 cm³/mol. The van der Waals surface area contributed by atoms with Gasteiger partial charge in [0.05, 0.1) is 7.11 Å².